The molecule has 0 bridgehead atoms. The third-order valence-corrected chi connectivity index (χ3v) is 3.03. The fourth-order valence-electron chi connectivity index (χ4n) is 1.70. The van der Waals surface area contributed by atoms with Gasteiger partial charge < -0.3 is 5.32 Å². The number of carbonyl (C=O) groups is 1. The number of aromatic nitrogens is 5. The van der Waals surface area contributed by atoms with Gasteiger partial charge in [-0.3, -0.25) is 14.6 Å². The molecular weight excluding hydrogens is 282 g/mol. The maximum absolute atomic E-state index is 13.9. The minimum atomic E-state index is -3.35. The van der Waals surface area contributed by atoms with Crippen molar-refractivity contribution in [2.45, 2.75) is 32.2 Å². The minimum Gasteiger partial charge on any atom is -0.347 e. The van der Waals surface area contributed by atoms with Gasteiger partial charge in [0.1, 0.15) is 11.4 Å². The van der Waals surface area contributed by atoms with Crippen LogP contribution in [0.4, 0.5) is 8.78 Å². The Bertz CT molecular complexity index is 619. The van der Waals surface area contributed by atoms with Crippen molar-refractivity contribution in [1.29, 1.82) is 0 Å². The zero-order chi connectivity index (χ0) is 15.7. The van der Waals surface area contributed by atoms with Crippen LogP contribution in [0.1, 0.15) is 25.5 Å². The van der Waals surface area contributed by atoms with Crippen molar-refractivity contribution < 1.29 is 13.6 Å². The average molecular weight is 298 g/mol. The van der Waals surface area contributed by atoms with Crippen LogP contribution >= 0.6 is 0 Å². The second kappa shape index (κ2) is 5.23. The first-order chi connectivity index (χ1) is 9.73. The highest BCUT2D eigenvalue weighted by Gasteiger charge is 2.39. The van der Waals surface area contributed by atoms with Gasteiger partial charge in [0.2, 0.25) is 11.7 Å². The molecule has 7 nitrogen and oxygen atoms in total. The first-order valence-corrected chi connectivity index (χ1v) is 6.29. The number of nitrogens with one attached hydrogen (secondary N) is 2. The second-order valence-corrected chi connectivity index (χ2v) is 5.14. The third kappa shape index (κ3) is 3.06. The molecule has 0 aliphatic carbocycles. The largest absolute Gasteiger partial charge is 0.347 e. The number of nitrogens with zero attached hydrogens (tertiary/aromatic N) is 4. The van der Waals surface area contributed by atoms with E-state index < -0.39 is 29.7 Å². The van der Waals surface area contributed by atoms with E-state index in [1.807, 2.05) is 0 Å². The van der Waals surface area contributed by atoms with Crippen LogP contribution in [0.3, 0.4) is 0 Å². The molecule has 2 aromatic rings. The molecule has 0 spiro atoms. The van der Waals surface area contributed by atoms with E-state index in [0.717, 1.165) is 0 Å². The van der Waals surface area contributed by atoms with Gasteiger partial charge in [0.05, 0.1) is 6.54 Å². The van der Waals surface area contributed by atoms with Crippen LogP contribution in [0.2, 0.25) is 0 Å². The Kier molecular flexibility index (Phi) is 3.75. The quantitative estimate of drug-likeness (QED) is 0.860. The molecule has 0 atom stereocenters. The van der Waals surface area contributed by atoms with Crippen LogP contribution < -0.4 is 5.32 Å². The van der Waals surface area contributed by atoms with Crippen molar-refractivity contribution in [3.8, 4) is 0 Å². The number of rotatable bonds is 5. The topological polar surface area (TPSA) is 88.5 Å². The number of carbonyl (C=O) groups excluding carboxylic acids is 1. The second-order valence-electron chi connectivity index (χ2n) is 5.14. The number of aromatic amines is 1. The van der Waals surface area contributed by atoms with Crippen molar-refractivity contribution in [1.82, 2.24) is 30.3 Å². The highest BCUT2D eigenvalue weighted by Crippen LogP contribution is 2.24. The smallest absolute Gasteiger partial charge is 0.325 e. The Labute approximate surface area is 119 Å². The Morgan fingerprint density at radius 1 is 1.48 bits per heavy atom. The van der Waals surface area contributed by atoms with Gasteiger partial charge in [-0.1, -0.05) is 0 Å². The van der Waals surface area contributed by atoms with Gasteiger partial charge in [0, 0.05) is 12.4 Å². The fraction of sp³-hybridized carbons (Fsp3) is 0.500. The summed E-state index contributed by atoms with van der Waals surface area (Å²) < 4.78 is 29.2. The van der Waals surface area contributed by atoms with E-state index >= 15 is 0 Å². The van der Waals surface area contributed by atoms with Crippen molar-refractivity contribution in [3.63, 3.8) is 0 Å². The Hall–Kier alpha value is -2.32. The summed E-state index contributed by atoms with van der Waals surface area (Å²) in [6, 6.07) is 1.65. The first kappa shape index (κ1) is 15.1. The molecule has 2 rings (SSSR count). The van der Waals surface area contributed by atoms with Crippen molar-refractivity contribution >= 4 is 5.91 Å². The minimum absolute atomic E-state index is 0.285. The Balaban J connectivity index is 2.04. The fourth-order valence-corrected chi connectivity index (χ4v) is 1.70. The zero-order valence-corrected chi connectivity index (χ0v) is 11.9. The van der Waals surface area contributed by atoms with Gasteiger partial charge in [0.25, 0.3) is 0 Å². The van der Waals surface area contributed by atoms with Gasteiger partial charge >= 0.3 is 5.92 Å². The molecule has 0 unspecified atom stereocenters. The number of alkyl halides is 2. The standard InChI is InChI=1S/C12H16F2N6O/c1-8-17-9(19-18-8)12(13,14)7-15-10(21)11(2,3)20-6-4-5-16-20/h4-6H,7H2,1-3H3,(H,15,21)(H,17,18,19). The zero-order valence-electron chi connectivity index (χ0n) is 11.9. The lowest BCUT2D eigenvalue weighted by Gasteiger charge is -2.25. The predicted molar refractivity (Wildman–Crippen MR) is 69.6 cm³/mol. The lowest BCUT2D eigenvalue weighted by atomic mass is 10.1. The normalized spacial score (nSPS) is 12.4. The number of hydrogen-bond donors (Lipinski definition) is 2. The number of hydrogen-bond acceptors (Lipinski definition) is 4. The summed E-state index contributed by atoms with van der Waals surface area (Å²) in [6.07, 6.45) is 3.11. The maximum atomic E-state index is 13.9. The highest BCUT2D eigenvalue weighted by atomic mass is 19.3. The van der Waals surface area contributed by atoms with Crippen LogP contribution in [0, 0.1) is 6.92 Å². The number of halogens is 2. The average Bonchev–Trinajstić information content (AvgIpc) is 3.06. The first-order valence-electron chi connectivity index (χ1n) is 6.29. The number of amides is 1. The molecule has 0 fully saturated rings. The summed E-state index contributed by atoms with van der Waals surface area (Å²) in [4.78, 5) is 15.7. The lowest BCUT2D eigenvalue weighted by Crippen LogP contribution is -2.47. The van der Waals surface area contributed by atoms with Crippen LogP contribution in [0.5, 0.6) is 0 Å². The van der Waals surface area contributed by atoms with Crippen molar-refractivity contribution in [2.75, 3.05) is 6.54 Å². The molecule has 2 N–H and O–H groups in total. The van der Waals surface area contributed by atoms with Crippen LogP contribution in [0.25, 0.3) is 0 Å². The van der Waals surface area contributed by atoms with Gasteiger partial charge in [-0.25, -0.2) is 4.98 Å². The molecule has 114 valence electrons. The Morgan fingerprint density at radius 2 is 2.19 bits per heavy atom. The summed E-state index contributed by atoms with van der Waals surface area (Å²) in [5, 5.41) is 11.9. The molecule has 0 aliphatic rings. The van der Waals surface area contributed by atoms with Gasteiger partial charge in [-0.15, -0.1) is 0 Å². The monoisotopic (exact) mass is 298 g/mol. The Morgan fingerprint density at radius 3 is 2.71 bits per heavy atom. The van der Waals surface area contributed by atoms with Crippen molar-refractivity contribution in [3.05, 3.63) is 30.1 Å². The third-order valence-electron chi connectivity index (χ3n) is 3.03. The van der Waals surface area contributed by atoms with E-state index in [-0.39, 0.29) is 5.82 Å². The molecule has 21 heavy (non-hydrogen) atoms. The molecule has 0 aliphatic heterocycles. The van der Waals surface area contributed by atoms with E-state index in [2.05, 4.69) is 25.6 Å². The highest BCUT2D eigenvalue weighted by molar-refractivity contribution is 5.83. The maximum Gasteiger partial charge on any atom is 0.325 e. The molecule has 0 aromatic carbocycles. The SMILES string of the molecule is Cc1nc(C(F)(F)CNC(=O)C(C)(C)n2cccn2)n[nH]1. The summed E-state index contributed by atoms with van der Waals surface area (Å²) in [7, 11) is 0. The molecule has 1 amide bonds. The van der Waals surface area contributed by atoms with Crippen LogP contribution in [0.15, 0.2) is 18.5 Å². The van der Waals surface area contributed by atoms with E-state index in [0.29, 0.717) is 0 Å². The predicted octanol–water partition coefficient (Wildman–Crippen LogP) is 0.953. The lowest BCUT2D eigenvalue weighted by molar-refractivity contribution is -0.131. The molecule has 0 saturated carbocycles. The summed E-state index contributed by atoms with van der Waals surface area (Å²) in [5.74, 6) is -4.27. The molecule has 0 saturated heterocycles. The van der Waals surface area contributed by atoms with Gasteiger partial charge in [-0.05, 0) is 26.8 Å². The molecular formula is C12H16F2N6O. The van der Waals surface area contributed by atoms with E-state index in [1.165, 1.54) is 17.8 Å². The van der Waals surface area contributed by atoms with E-state index in [1.54, 1.807) is 26.1 Å². The van der Waals surface area contributed by atoms with Crippen LogP contribution in [-0.2, 0) is 16.3 Å². The van der Waals surface area contributed by atoms with E-state index in [9.17, 15) is 13.6 Å². The number of H-pyrrole nitrogens is 1. The van der Waals surface area contributed by atoms with Crippen molar-refractivity contribution in [2.24, 2.45) is 0 Å². The molecule has 2 aromatic heterocycles. The summed E-state index contributed by atoms with van der Waals surface area (Å²) >= 11 is 0. The molecule has 2 heterocycles. The van der Waals surface area contributed by atoms with Gasteiger partial charge in [-0.2, -0.15) is 19.0 Å². The van der Waals surface area contributed by atoms with E-state index in [4.69, 9.17) is 0 Å². The molecule has 0 radical (unpaired) electrons. The summed E-state index contributed by atoms with van der Waals surface area (Å²) in [6.45, 7) is 3.81. The summed E-state index contributed by atoms with van der Waals surface area (Å²) in [5.41, 5.74) is -1.07. The van der Waals surface area contributed by atoms with Crippen LogP contribution in [-0.4, -0.2) is 37.4 Å². The van der Waals surface area contributed by atoms with Gasteiger partial charge in [0.15, 0.2) is 0 Å². The number of aryl methyl sites for hydroxylation is 1. The molecule has 9 heteroatoms.